The molecule has 4 rings (SSSR count). The number of halogens is 1. The fourth-order valence-electron chi connectivity index (χ4n) is 3.53. The predicted molar refractivity (Wildman–Crippen MR) is 133 cm³/mol. The van der Waals surface area contributed by atoms with E-state index in [1.165, 1.54) is 11.1 Å². The Balaban J connectivity index is 1.46. The summed E-state index contributed by atoms with van der Waals surface area (Å²) < 4.78 is 8.30. The van der Waals surface area contributed by atoms with Crippen LogP contribution in [0.25, 0.3) is 10.6 Å². The molecule has 0 N–H and O–H groups in total. The Bertz CT molecular complexity index is 1200. The smallest absolute Gasteiger partial charge is 0.191 e. The van der Waals surface area contributed by atoms with Crippen molar-refractivity contribution in [3.8, 4) is 16.3 Å². The molecule has 0 aliphatic heterocycles. The highest BCUT2D eigenvalue weighted by atomic mass is 35.5. The van der Waals surface area contributed by atoms with Crippen LogP contribution in [0.1, 0.15) is 42.6 Å². The van der Waals surface area contributed by atoms with Gasteiger partial charge in [-0.2, -0.15) is 0 Å². The zero-order valence-corrected chi connectivity index (χ0v) is 20.9. The number of hydrogen-bond donors (Lipinski definition) is 0. The average molecular weight is 485 g/mol. The first kappa shape index (κ1) is 22.8. The Hall–Kier alpha value is -2.35. The van der Waals surface area contributed by atoms with E-state index in [9.17, 15) is 0 Å². The van der Waals surface area contributed by atoms with E-state index in [4.69, 9.17) is 21.3 Å². The number of aryl methyl sites for hydroxylation is 2. The van der Waals surface area contributed by atoms with E-state index in [0.717, 1.165) is 39.5 Å². The number of thiazole rings is 1. The topological polar surface area (TPSA) is 52.8 Å². The highest BCUT2D eigenvalue weighted by Crippen LogP contribution is 2.32. The molecule has 2 aromatic heterocycles. The molecule has 5 nitrogen and oxygen atoms in total. The van der Waals surface area contributed by atoms with E-state index in [0.29, 0.717) is 10.8 Å². The fourth-order valence-corrected chi connectivity index (χ4v) is 5.68. The summed E-state index contributed by atoms with van der Waals surface area (Å²) in [4.78, 5) is 4.76. The van der Waals surface area contributed by atoms with Crippen LogP contribution >= 0.6 is 34.7 Å². The Kier molecular flexibility index (Phi) is 7.18. The van der Waals surface area contributed by atoms with Crippen molar-refractivity contribution < 1.29 is 4.74 Å². The number of rotatable bonds is 8. The summed E-state index contributed by atoms with van der Waals surface area (Å²) in [6.07, 6.45) is -0.205. The molecule has 4 aromatic rings. The van der Waals surface area contributed by atoms with Crippen LogP contribution in [-0.2, 0) is 12.3 Å². The highest BCUT2D eigenvalue weighted by Gasteiger charge is 2.19. The first-order valence-corrected chi connectivity index (χ1v) is 12.7. The number of ether oxygens (including phenoxy) is 1. The lowest BCUT2D eigenvalue weighted by Gasteiger charge is -2.16. The van der Waals surface area contributed by atoms with Crippen LogP contribution in [0.4, 0.5) is 0 Å². The molecule has 0 saturated carbocycles. The summed E-state index contributed by atoms with van der Waals surface area (Å²) in [6, 6.07) is 14.0. The zero-order valence-electron chi connectivity index (χ0n) is 18.5. The molecule has 0 amide bonds. The molecule has 0 radical (unpaired) electrons. The highest BCUT2D eigenvalue weighted by molar-refractivity contribution is 7.98. The molecular weight excluding hydrogens is 460 g/mol. The molecule has 1 unspecified atom stereocenters. The molecule has 0 spiro atoms. The molecule has 1 atom stereocenters. The lowest BCUT2D eigenvalue weighted by atomic mass is 10.1. The van der Waals surface area contributed by atoms with Gasteiger partial charge in [0.1, 0.15) is 10.8 Å². The van der Waals surface area contributed by atoms with Crippen molar-refractivity contribution in [2.24, 2.45) is 0 Å². The Morgan fingerprint density at radius 1 is 1.12 bits per heavy atom. The number of aromatic nitrogens is 4. The van der Waals surface area contributed by atoms with Gasteiger partial charge in [0.05, 0.1) is 10.7 Å². The van der Waals surface area contributed by atoms with Gasteiger partial charge in [-0.05, 0) is 57.0 Å². The van der Waals surface area contributed by atoms with Gasteiger partial charge >= 0.3 is 0 Å². The van der Waals surface area contributed by atoms with Crippen LogP contribution in [0.5, 0.6) is 5.75 Å². The molecule has 8 heteroatoms. The third-order valence-corrected chi connectivity index (χ3v) is 7.19. The van der Waals surface area contributed by atoms with Crippen molar-refractivity contribution in [2.45, 2.75) is 51.3 Å². The molecule has 0 fully saturated rings. The number of benzene rings is 2. The van der Waals surface area contributed by atoms with Crippen LogP contribution < -0.4 is 4.74 Å². The zero-order chi connectivity index (χ0) is 22.7. The van der Waals surface area contributed by atoms with Crippen LogP contribution in [0, 0.1) is 13.8 Å². The van der Waals surface area contributed by atoms with Gasteiger partial charge in [-0.25, -0.2) is 4.98 Å². The summed E-state index contributed by atoms with van der Waals surface area (Å²) >= 11 is 9.55. The van der Waals surface area contributed by atoms with E-state index in [-0.39, 0.29) is 6.10 Å². The minimum absolute atomic E-state index is 0.205. The van der Waals surface area contributed by atoms with Gasteiger partial charge in [0.25, 0.3) is 0 Å². The maximum Gasteiger partial charge on any atom is 0.191 e. The van der Waals surface area contributed by atoms with Gasteiger partial charge in [-0.15, -0.1) is 21.5 Å². The fraction of sp³-hybridized carbons (Fsp3) is 0.292. The lowest BCUT2D eigenvalue weighted by Crippen LogP contribution is -2.12. The summed E-state index contributed by atoms with van der Waals surface area (Å²) in [5, 5.41) is 13.5. The second-order valence-electron chi connectivity index (χ2n) is 7.58. The van der Waals surface area contributed by atoms with E-state index >= 15 is 0 Å². The van der Waals surface area contributed by atoms with Crippen LogP contribution in [0.2, 0.25) is 5.02 Å². The summed E-state index contributed by atoms with van der Waals surface area (Å²) in [5.74, 6) is 2.39. The molecule has 0 bridgehead atoms. The van der Waals surface area contributed by atoms with Crippen molar-refractivity contribution in [1.82, 2.24) is 19.7 Å². The average Bonchev–Trinajstić information content (AvgIpc) is 3.38. The van der Waals surface area contributed by atoms with E-state index in [1.54, 1.807) is 23.1 Å². The maximum absolute atomic E-state index is 6.32. The van der Waals surface area contributed by atoms with Gasteiger partial charge in [-0.1, -0.05) is 47.6 Å². The van der Waals surface area contributed by atoms with Gasteiger partial charge in [-0.3, -0.25) is 0 Å². The van der Waals surface area contributed by atoms with Crippen LogP contribution in [0.3, 0.4) is 0 Å². The SMILES string of the molecule is CCn1c(SCc2csc(-c3ccccc3Cl)n2)nnc1C(C)Oc1cc(C)cc(C)c1. The summed E-state index contributed by atoms with van der Waals surface area (Å²) in [5.41, 5.74) is 4.33. The molecule has 0 aliphatic carbocycles. The monoisotopic (exact) mass is 484 g/mol. The van der Waals surface area contributed by atoms with Gasteiger partial charge in [0, 0.05) is 23.2 Å². The van der Waals surface area contributed by atoms with Crippen molar-refractivity contribution in [3.05, 3.63) is 75.5 Å². The Labute approximate surface area is 201 Å². The predicted octanol–water partition coefficient (Wildman–Crippen LogP) is 7.12. The molecular formula is C24H25ClN4OS2. The molecule has 166 valence electrons. The van der Waals surface area contributed by atoms with Crippen LogP contribution in [0.15, 0.2) is 53.0 Å². The summed E-state index contributed by atoms with van der Waals surface area (Å²) in [7, 11) is 0. The third-order valence-electron chi connectivity index (χ3n) is 4.94. The number of hydrogen-bond acceptors (Lipinski definition) is 6. The molecule has 0 saturated heterocycles. The number of nitrogens with zero attached hydrogens (tertiary/aromatic N) is 4. The van der Waals surface area contributed by atoms with E-state index < -0.39 is 0 Å². The molecule has 2 heterocycles. The molecule has 2 aromatic carbocycles. The quantitative estimate of drug-likeness (QED) is 0.249. The Morgan fingerprint density at radius 2 is 1.88 bits per heavy atom. The van der Waals surface area contributed by atoms with Crippen molar-refractivity contribution in [2.75, 3.05) is 0 Å². The van der Waals surface area contributed by atoms with E-state index in [2.05, 4.69) is 47.0 Å². The maximum atomic E-state index is 6.32. The van der Waals surface area contributed by atoms with Crippen molar-refractivity contribution >= 4 is 34.7 Å². The van der Waals surface area contributed by atoms with Crippen molar-refractivity contribution in [3.63, 3.8) is 0 Å². The standard InChI is InChI=1S/C24H25ClN4OS2/c1-5-29-22(17(4)30-19-11-15(2)10-16(3)12-19)27-28-24(29)32-14-18-13-31-23(26-18)20-8-6-7-9-21(20)25/h6-13,17H,5,14H2,1-4H3. The molecule has 0 aliphatic rings. The largest absolute Gasteiger partial charge is 0.483 e. The van der Waals surface area contributed by atoms with Crippen molar-refractivity contribution in [1.29, 1.82) is 0 Å². The van der Waals surface area contributed by atoms with Gasteiger partial charge in [0.2, 0.25) is 0 Å². The second-order valence-corrected chi connectivity index (χ2v) is 9.79. The first-order chi connectivity index (χ1) is 15.4. The normalized spacial score (nSPS) is 12.2. The summed E-state index contributed by atoms with van der Waals surface area (Å²) in [6.45, 7) is 9.03. The first-order valence-electron chi connectivity index (χ1n) is 10.4. The second kappa shape index (κ2) is 10.1. The third kappa shape index (κ3) is 5.17. The van der Waals surface area contributed by atoms with Gasteiger partial charge in [0.15, 0.2) is 17.1 Å². The van der Waals surface area contributed by atoms with E-state index in [1.807, 2.05) is 43.3 Å². The Morgan fingerprint density at radius 3 is 2.59 bits per heavy atom. The van der Waals surface area contributed by atoms with Crippen LogP contribution in [-0.4, -0.2) is 19.7 Å². The lowest BCUT2D eigenvalue weighted by molar-refractivity contribution is 0.209. The number of thioether (sulfide) groups is 1. The minimum atomic E-state index is -0.205. The van der Waals surface area contributed by atoms with Gasteiger partial charge < -0.3 is 9.30 Å². The minimum Gasteiger partial charge on any atom is -0.483 e. The molecule has 32 heavy (non-hydrogen) atoms.